The molecule has 0 saturated carbocycles. The Labute approximate surface area is 90.4 Å². The van der Waals surface area contributed by atoms with Gasteiger partial charge in [0.25, 0.3) is 0 Å². The summed E-state index contributed by atoms with van der Waals surface area (Å²) in [6.07, 6.45) is 7.45. The highest BCUT2D eigenvalue weighted by Gasteiger charge is 1.80. The molecule has 0 amide bonds. The Kier molecular flexibility index (Phi) is 11.5. The summed E-state index contributed by atoms with van der Waals surface area (Å²) >= 11 is 0. The van der Waals surface area contributed by atoms with Crippen LogP contribution in [0.5, 0.6) is 0 Å². The van der Waals surface area contributed by atoms with Gasteiger partial charge in [-0.05, 0) is 26.7 Å². The molecule has 0 fully saturated rings. The lowest BCUT2D eigenvalue weighted by Crippen LogP contribution is -1.77. The quantitative estimate of drug-likeness (QED) is 0.546. The number of hydrogen-bond donors (Lipinski definition) is 0. The van der Waals surface area contributed by atoms with Crippen molar-refractivity contribution in [3.8, 4) is 0 Å². The largest absolute Gasteiger partial charge is 0.0961 e. The van der Waals surface area contributed by atoms with Crippen molar-refractivity contribution < 1.29 is 0 Å². The van der Waals surface area contributed by atoms with E-state index < -0.39 is 0 Å². The molecule has 0 spiro atoms. The lowest BCUT2D eigenvalue weighted by atomic mass is 10.2. The van der Waals surface area contributed by atoms with Gasteiger partial charge < -0.3 is 0 Å². The summed E-state index contributed by atoms with van der Waals surface area (Å²) < 4.78 is 0. The van der Waals surface area contributed by atoms with Crippen LogP contribution in [0.1, 0.15) is 48.0 Å². The van der Waals surface area contributed by atoms with E-state index in [2.05, 4.69) is 46.4 Å². The molecule has 0 aliphatic rings. The van der Waals surface area contributed by atoms with Crippen LogP contribution in [0.25, 0.3) is 0 Å². The van der Waals surface area contributed by atoms with Crippen molar-refractivity contribution in [2.24, 2.45) is 5.92 Å². The normalized spacial score (nSPS) is 11.5. The fourth-order valence-electron chi connectivity index (χ4n) is 0.700. The third-order valence-corrected chi connectivity index (χ3v) is 1.72. The third kappa shape index (κ3) is 17.3. The van der Waals surface area contributed by atoms with E-state index in [1.165, 1.54) is 12.0 Å². The first kappa shape index (κ1) is 15.7. The van der Waals surface area contributed by atoms with Crippen molar-refractivity contribution in [1.29, 1.82) is 0 Å². The predicted octanol–water partition coefficient (Wildman–Crippen LogP) is 5.14. The molecule has 0 rings (SSSR count). The molecule has 0 aromatic rings. The van der Waals surface area contributed by atoms with Crippen LogP contribution in [-0.4, -0.2) is 0 Å². The average molecular weight is 194 g/mol. The molecule has 0 aliphatic carbocycles. The topological polar surface area (TPSA) is 0 Å². The zero-order chi connectivity index (χ0) is 11.6. The molecule has 0 aromatic heterocycles. The Morgan fingerprint density at radius 1 is 1.29 bits per heavy atom. The molecule has 0 radical (unpaired) electrons. The summed E-state index contributed by atoms with van der Waals surface area (Å²) in [5, 5.41) is 0. The number of rotatable bonds is 3. The standard InChI is InChI=1S/C9H14.C5H12/c1-5-6-9(4)7-8(2)3;1-4-5(2)3/h5-7H,2H2,1,3-4H3;5H,4H2,1-3H3/b6-5-,9-7-;. The van der Waals surface area contributed by atoms with Crippen LogP contribution in [-0.2, 0) is 0 Å². The zero-order valence-electron chi connectivity index (χ0n) is 10.7. The van der Waals surface area contributed by atoms with Gasteiger partial charge in [-0.15, -0.1) is 0 Å². The van der Waals surface area contributed by atoms with Crippen LogP contribution in [0.2, 0.25) is 0 Å². The minimum Gasteiger partial charge on any atom is -0.0961 e. The maximum atomic E-state index is 3.77. The molecule has 0 bridgehead atoms. The van der Waals surface area contributed by atoms with Gasteiger partial charge in [0.2, 0.25) is 0 Å². The highest BCUT2D eigenvalue weighted by Crippen LogP contribution is 1.99. The van der Waals surface area contributed by atoms with Crippen LogP contribution < -0.4 is 0 Å². The van der Waals surface area contributed by atoms with E-state index >= 15 is 0 Å². The predicted molar refractivity (Wildman–Crippen MR) is 68.5 cm³/mol. The second kappa shape index (κ2) is 10.3. The van der Waals surface area contributed by atoms with Crippen molar-refractivity contribution in [1.82, 2.24) is 0 Å². The summed E-state index contributed by atoms with van der Waals surface area (Å²) in [4.78, 5) is 0. The minimum atomic E-state index is 0.884. The SMILES string of the molecule is C=C(C)/C=C(C)\C=C/C.CCC(C)C. The van der Waals surface area contributed by atoms with Crippen LogP contribution in [0.4, 0.5) is 0 Å². The van der Waals surface area contributed by atoms with Crippen molar-refractivity contribution in [3.05, 3.63) is 36.0 Å². The van der Waals surface area contributed by atoms with Gasteiger partial charge in [0.1, 0.15) is 0 Å². The monoisotopic (exact) mass is 194 g/mol. The number of hydrogen-bond acceptors (Lipinski definition) is 0. The molecule has 0 unspecified atom stereocenters. The van der Waals surface area contributed by atoms with Gasteiger partial charge in [-0.3, -0.25) is 0 Å². The summed E-state index contributed by atoms with van der Waals surface area (Å²) in [6, 6.07) is 0. The molecular weight excluding hydrogens is 168 g/mol. The van der Waals surface area contributed by atoms with Crippen LogP contribution >= 0.6 is 0 Å². The van der Waals surface area contributed by atoms with Crippen molar-refractivity contribution in [2.45, 2.75) is 48.0 Å². The molecule has 0 atom stereocenters. The summed E-state index contributed by atoms with van der Waals surface area (Å²) in [7, 11) is 0. The zero-order valence-corrected chi connectivity index (χ0v) is 10.7. The first-order valence-corrected chi connectivity index (χ1v) is 5.40. The molecule has 0 heterocycles. The van der Waals surface area contributed by atoms with Gasteiger partial charge in [-0.2, -0.15) is 0 Å². The van der Waals surface area contributed by atoms with Crippen LogP contribution in [0.15, 0.2) is 36.0 Å². The number of allylic oxidation sites excluding steroid dienone is 5. The maximum absolute atomic E-state index is 3.77. The molecule has 0 aromatic carbocycles. The third-order valence-electron chi connectivity index (χ3n) is 1.72. The first-order chi connectivity index (χ1) is 6.43. The Morgan fingerprint density at radius 3 is 1.93 bits per heavy atom. The van der Waals surface area contributed by atoms with Gasteiger partial charge in [0, 0.05) is 0 Å². The highest BCUT2D eigenvalue weighted by atomic mass is 13.9. The van der Waals surface area contributed by atoms with E-state index in [0.717, 1.165) is 11.5 Å². The Bertz CT molecular complexity index is 192. The van der Waals surface area contributed by atoms with Gasteiger partial charge >= 0.3 is 0 Å². The minimum absolute atomic E-state index is 0.884. The molecule has 0 saturated heterocycles. The highest BCUT2D eigenvalue weighted by molar-refractivity contribution is 5.24. The van der Waals surface area contributed by atoms with Gasteiger partial charge in [-0.25, -0.2) is 0 Å². The Hall–Kier alpha value is -0.780. The Balaban J connectivity index is 0. The summed E-state index contributed by atoms with van der Waals surface area (Å²) in [5.74, 6) is 0.884. The fraction of sp³-hybridized carbons (Fsp3) is 0.571. The van der Waals surface area contributed by atoms with Gasteiger partial charge in [0.15, 0.2) is 0 Å². The van der Waals surface area contributed by atoms with Crippen LogP contribution in [0, 0.1) is 5.92 Å². The first-order valence-electron chi connectivity index (χ1n) is 5.40. The summed E-state index contributed by atoms with van der Waals surface area (Å²) in [6.45, 7) is 16.5. The Morgan fingerprint density at radius 2 is 1.71 bits per heavy atom. The average Bonchev–Trinajstić information content (AvgIpc) is 2.04. The lowest BCUT2D eigenvalue weighted by Gasteiger charge is -1.90. The molecule has 0 N–H and O–H groups in total. The second-order valence-corrected chi connectivity index (χ2v) is 4.04. The van der Waals surface area contributed by atoms with Gasteiger partial charge in [0.05, 0.1) is 0 Å². The van der Waals surface area contributed by atoms with Crippen molar-refractivity contribution in [2.75, 3.05) is 0 Å². The van der Waals surface area contributed by atoms with Crippen molar-refractivity contribution in [3.63, 3.8) is 0 Å². The smallest absolute Gasteiger partial charge is 0.0398 e. The van der Waals surface area contributed by atoms with E-state index in [9.17, 15) is 0 Å². The van der Waals surface area contributed by atoms with Gasteiger partial charge in [-0.1, -0.05) is 63.1 Å². The molecule has 14 heavy (non-hydrogen) atoms. The molecule has 0 aliphatic heterocycles. The van der Waals surface area contributed by atoms with E-state index in [0.29, 0.717) is 0 Å². The molecular formula is C14H26. The lowest BCUT2D eigenvalue weighted by molar-refractivity contribution is 0.626. The van der Waals surface area contributed by atoms with Crippen molar-refractivity contribution >= 4 is 0 Å². The maximum Gasteiger partial charge on any atom is -0.0398 e. The van der Waals surface area contributed by atoms with Crippen LogP contribution in [0.3, 0.4) is 0 Å². The van der Waals surface area contributed by atoms with E-state index in [1.807, 2.05) is 19.9 Å². The van der Waals surface area contributed by atoms with E-state index in [-0.39, 0.29) is 0 Å². The molecule has 82 valence electrons. The summed E-state index contributed by atoms with van der Waals surface area (Å²) in [5.41, 5.74) is 2.36. The van der Waals surface area contributed by atoms with E-state index in [1.54, 1.807) is 0 Å². The molecule has 0 nitrogen and oxygen atoms in total. The fourth-order valence-corrected chi connectivity index (χ4v) is 0.700. The van der Waals surface area contributed by atoms with E-state index in [4.69, 9.17) is 0 Å². The molecule has 0 heteroatoms. The second-order valence-electron chi connectivity index (χ2n) is 4.04.